The number of anilines is 1. The van der Waals surface area contributed by atoms with Gasteiger partial charge in [0.1, 0.15) is 17.5 Å². The molecular weight excluding hydrogens is 472 g/mol. The van der Waals surface area contributed by atoms with Crippen molar-refractivity contribution >= 4 is 35.1 Å². The second-order valence-corrected chi connectivity index (χ2v) is 8.61. The van der Waals surface area contributed by atoms with Gasteiger partial charge in [0.15, 0.2) is 5.92 Å². The molecule has 2 heterocycles. The third kappa shape index (κ3) is 5.30. The van der Waals surface area contributed by atoms with Crippen LogP contribution in [0.5, 0.6) is 11.5 Å². The molecule has 9 nitrogen and oxygen atoms in total. The van der Waals surface area contributed by atoms with E-state index in [4.69, 9.17) is 30.8 Å². The topological polar surface area (TPSA) is 92.7 Å². The molecule has 2 aromatic carbocycles. The third-order valence-corrected chi connectivity index (χ3v) is 6.38. The van der Waals surface area contributed by atoms with E-state index in [1.807, 2.05) is 29.2 Å². The number of hydrogen-bond acceptors (Lipinski definition) is 8. The summed E-state index contributed by atoms with van der Waals surface area (Å²) in [6.07, 6.45) is 0. The van der Waals surface area contributed by atoms with Crippen molar-refractivity contribution in [2.45, 2.75) is 13.0 Å². The summed E-state index contributed by atoms with van der Waals surface area (Å²) >= 11 is 6.15. The number of amides is 1. The van der Waals surface area contributed by atoms with Gasteiger partial charge >= 0.3 is 5.97 Å². The molecule has 186 valence electrons. The first-order valence-electron chi connectivity index (χ1n) is 11.5. The van der Waals surface area contributed by atoms with E-state index in [9.17, 15) is 9.59 Å². The minimum absolute atomic E-state index is 0.164. The minimum Gasteiger partial charge on any atom is -0.497 e. The number of nitrogens with one attached hydrogen (secondary N) is 1. The summed E-state index contributed by atoms with van der Waals surface area (Å²) < 4.78 is 16.1. The molecular formula is C25H29ClN4O5. The van der Waals surface area contributed by atoms with Crippen LogP contribution in [-0.4, -0.2) is 69.7 Å². The molecule has 2 atom stereocenters. The minimum atomic E-state index is -1.13. The summed E-state index contributed by atoms with van der Waals surface area (Å²) in [4.78, 5) is 35.0. The molecule has 1 amide bonds. The summed E-state index contributed by atoms with van der Waals surface area (Å²) in [5.74, 6) is -0.694. The van der Waals surface area contributed by atoms with Crippen molar-refractivity contribution < 1.29 is 23.8 Å². The fraction of sp³-hybridized carbons (Fsp3) is 0.400. The van der Waals surface area contributed by atoms with E-state index in [2.05, 4.69) is 10.2 Å². The highest BCUT2D eigenvalue weighted by atomic mass is 35.5. The second-order valence-electron chi connectivity index (χ2n) is 8.18. The van der Waals surface area contributed by atoms with Gasteiger partial charge < -0.3 is 24.0 Å². The van der Waals surface area contributed by atoms with E-state index in [0.717, 1.165) is 18.8 Å². The van der Waals surface area contributed by atoms with Crippen molar-refractivity contribution in [2.24, 2.45) is 10.9 Å². The van der Waals surface area contributed by atoms with Crippen LogP contribution in [0.15, 0.2) is 47.5 Å². The lowest BCUT2D eigenvalue weighted by molar-refractivity contribution is -0.153. The Hall–Kier alpha value is -3.46. The van der Waals surface area contributed by atoms with Gasteiger partial charge in [-0.3, -0.25) is 14.9 Å². The molecule has 2 aliphatic heterocycles. The predicted octanol–water partition coefficient (Wildman–Crippen LogP) is 2.89. The van der Waals surface area contributed by atoms with Crippen LogP contribution in [0.25, 0.3) is 0 Å². The lowest BCUT2D eigenvalue weighted by Crippen LogP contribution is -2.57. The molecule has 10 heteroatoms. The Balaban J connectivity index is 1.62. The van der Waals surface area contributed by atoms with Crippen LogP contribution < -0.4 is 19.7 Å². The van der Waals surface area contributed by atoms with Crippen LogP contribution >= 0.6 is 11.6 Å². The molecule has 0 radical (unpaired) electrons. The highest BCUT2D eigenvalue weighted by molar-refractivity contribution is 6.30. The summed E-state index contributed by atoms with van der Waals surface area (Å²) in [7, 11) is 3.09. The lowest BCUT2D eigenvalue weighted by atomic mass is 9.90. The fourth-order valence-corrected chi connectivity index (χ4v) is 4.54. The van der Waals surface area contributed by atoms with Gasteiger partial charge in [-0.15, -0.1) is 0 Å². The predicted molar refractivity (Wildman–Crippen MR) is 133 cm³/mol. The molecule has 0 saturated carbocycles. The van der Waals surface area contributed by atoms with Crippen molar-refractivity contribution in [2.75, 3.05) is 51.9 Å². The van der Waals surface area contributed by atoms with Crippen molar-refractivity contribution in [1.29, 1.82) is 0 Å². The lowest BCUT2D eigenvalue weighted by Gasteiger charge is -2.39. The first-order chi connectivity index (χ1) is 16.9. The van der Waals surface area contributed by atoms with Crippen LogP contribution in [0.1, 0.15) is 18.5 Å². The zero-order chi connectivity index (χ0) is 24.9. The molecule has 0 bridgehead atoms. The quantitative estimate of drug-likeness (QED) is 0.481. The van der Waals surface area contributed by atoms with E-state index in [1.165, 1.54) is 7.11 Å². The Kier molecular flexibility index (Phi) is 7.65. The van der Waals surface area contributed by atoms with E-state index in [0.29, 0.717) is 41.1 Å². The average Bonchev–Trinajstić information content (AvgIpc) is 2.88. The number of carbonyl (C=O) groups is 2. The van der Waals surface area contributed by atoms with Crippen molar-refractivity contribution in [3.63, 3.8) is 0 Å². The molecule has 1 N–H and O–H groups in total. The smallest absolute Gasteiger partial charge is 0.321 e. The normalized spacial score (nSPS) is 20.1. The van der Waals surface area contributed by atoms with E-state index >= 15 is 0 Å². The first-order valence-corrected chi connectivity index (χ1v) is 11.9. The number of halogens is 1. The van der Waals surface area contributed by atoms with Gasteiger partial charge in [0.2, 0.25) is 11.9 Å². The summed E-state index contributed by atoms with van der Waals surface area (Å²) in [6, 6.07) is 12.2. The summed E-state index contributed by atoms with van der Waals surface area (Å²) in [6.45, 7) is 4.61. The number of methoxy groups -OCH3 is 2. The first kappa shape index (κ1) is 24.7. The van der Waals surface area contributed by atoms with Crippen molar-refractivity contribution in [3.05, 3.63) is 53.1 Å². The Morgan fingerprint density at radius 1 is 1.09 bits per heavy atom. The van der Waals surface area contributed by atoms with Gasteiger partial charge in [0, 0.05) is 48.5 Å². The number of carbonyl (C=O) groups excluding carboxylic acids is 2. The van der Waals surface area contributed by atoms with Crippen molar-refractivity contribution in [1.82, 2.24) is 10.2 Å². The van der Waals surface area contributed by atoms with Crippen LogP contribution in [0.4, 0.5) is 5.69 Å². The molecule has 0 aromatic heterocycles. The molecule has 1 fully saturated rings. The molecule has 1 saturated heterocycles. The number of hydrogen-bond donors (Lipinski definition) is 1. The number of piperazine rings is 1. The van der Waals surface area contributed by atoms with Gasteiger partial charge in [-0.05, 0) is 37.3 Å². The van der Waals surface area contributed by atoms with Gasteiger partial charge in [-0.1, -0.05) is 17.7 Å². The monoisotopic (exact) mass is 500 g/mol. The zero-order valence-electron chi connectivity index (χ0n) is 20.0. The van der Waals surface area contributed by atoms with Gasteiger partial charge in [-0.25, -0.2) is 4.99 Å². The molecule has 4 rings (SSSR count). The van der Waals surface area contributed by atoms with E-state index < -0.39 is 23.8 Å². The average molecular weight is 501 g/mol. The van der Waals surface area contributed by atoms with E-state index in [1.54, 1.807) is 32.2 Å². The molecule has 0 spiro atoms. The Bertz CT molecular complexity index is 1120. The van der Waals surface area contributed by atoms with Gasteiger partial charge in [0.25, 0.3) is 0 Å². The van der Waals surface area contributed by atoms with Gasteiger partial charge in [-0.2, -0.15) is 0 Å². The van der Waals surface area contributed by atoms with Crippen LogP contribution in [0.2, 0.25) is 5.02 Å². The molecule has 2 aliphatic rings. The number of ether oxygens (including phenoxy) is 3. The van der Waals surface area contributed by atoms with Crippen LogP contribution in [-0.2, 0) is 14.3 Å². The Labute approximate surface area is 209 Å². The summed E-state index contributed by atoms with van der Waals surface area (Å²) in [5.41, 5.74) is 1.66. The molecule has 0 aliphatic carbocycles. The third-order valence-electron chi connectivity index (χ3n) is 6.15. The number of rotatable bonds is 6. The fourth-order valence-electron chi connectivity index (χ4n) is 4.36. The van der Waals surface area contributed by atoms with Crippen LogP contribution in [0.3, 0.4) is 0 Å². The SMILES string of the molecule is CCOC(=O)[C@@H]1C(=O)NC(N2CCN(c3cccc(Cl)c3)CC2)=N[C@@H]1c1ccc(OC)cc1OC. The second kappa shape index (κ2) is 10.9. The number of benzene rings is 2. The van der Waals surface area contributed by atoms with Crippen molar-refractivity contribution in [3.8, 4) is 11.5 Å². The highest BCUT2D eigenvalue weighted by Gasteiger charge is 2.43. The largest absolute Gasteiger partial charge is 0.497 e. The van der Waals surface area contributed by atoms with E-state index in [-0.39, 0.29) is 6.61 Å². The molecule has 0 unspecified atom stereocenters. The number of aliphatic imine (C=N–C) groups is 1. The summed E-state index contributed by atoms with van der Waals surface area (Å²) in [5, 5.41) is 3.52. The zero-order valence-corrected chi connectivity index (χ0v) is 20.7. The van der Waals surface area contributed by atoms with Crippen LogP contribution in [0, 0.1) is 5.92 Å². The maximum atomic E-state index is 13.2. The Morgan fingerprint density at radius 2 is 1.83 bits per heavy atom. The number of guanidine groups is 1. The maximum absolute atomic E-state index is 13.2. The number of nitrogens with zero attached hydrogens (tertiary/aromatic N) is 3. The molecule has 2 aromatic rings. The molecule has 35 heavy (non-hydrogen) atoms. The Morgan fingerprint density at radius 3 is 2.49 bits per heavy atom. The number of esters is 1. The highest BCUT2D eigenvalue weighted by Crippen LogP contribution is 2.38. The maximum Gasteiger partial charge on any atom is 0.321 e. The standard InChI is InChI=1S/C25H29ClN4O5/c1-4-35-24(32)21-22(19-9-8-18(33-2)15-20(19)34-3)27-25(28-23(21)31)30-12-10-29(11-13-30)17-7-5-6-16(26)14-17/h5-9,14-15,21-22H,4,10-13H2,1-3H3,(H,27,28,31)/t21-,22+/m0/s1. The van der Waals surface area contributed by atoms with Gasteiger partial charge in [0.05, 0.1) is 20.8 Å².